The van der Waals surface area contributed by atoms with Crippen LogP contribution in [0.2, 0.25) is 0 Å². The van der Waals surface area contributed by atoms with E-state index < -0.39 is 0 Å². The quantitative estimate of drug-likeness (QED) is 0.650. The Hall–Kier alpha value is -2.45. The Morgan fingerprint density at radius 2 is 2.07 bits per heavy atom. The van der Waals surface area contributed by atoms with Gasteiger partial charge in [0.1, 0.15) is 5.75 Å². The predicted molar refractivity (Wildman–Crippen MR) is 105 cm³/mol. The molecule has 0 spiro atoms. The van der Waals surface area contributed by atoms with Crippen LogP contribution < -0.4 is 9.54 Å². The average molecular weight is 388 g/mol. The number of benzene rings is 1. The molecule has 2 aromatic heterocycles. The van der Waals surface area contributed by atoms with Crippen molar-refractivity contribution in [3.63, 3.8) is 0 Å². The van der Waals surface area contributed by atoms with Crippen LogP contribution in [0, 0.1) is 6.92 Å². The lowest BCUT2D eigenvalue weighted by molar-refractivity contribution is 0.0991. The maximum atomic E-state index is 12.7. The largest absolute Gasteiger partial charge is 0.497 e. The minimum atomic E-state index is -0.345. The van der Waals surface area contributed by atoms with Crippen molar-refractivity contribution in [3.8, 4) is 5.75 Å². The van der Waals surface area contributed by atoms with Crippen molar-refractivity contribution in [2.45, 2.75) is 33.4 Å². The lowest BCUT2D eigenvalue weighted by Crippen LogP contribution is -2.19. The molecule has 144 valence electrons. The van der Waals surface area contributed by atoms with Gasteiger partial charge in [0.25, 0.3) is 5.91 Å². The second kappa shape index (κ2) is 8.06. The Balaban J connectivity index is 2.08. The molecule has 0 aliphatic rings. The van der Waals surface area contributed by atoms with Crippen LogP contribution in [-0.4, -0.2) is 41.1 Å². The molecular weight excluding hydrogens is 364 g/mol. The molecule has 0 bridgehead atoms. The maximum Gasteiger partial charge on any atom is 0.300 e. The highest BCUT2D eigenvalue weighted by Gasteiger charge is 2.15. The van der Waals surface area contributed by atoms with Gasteiger partial charge in [0.05, 0.1) is 23.9 Å². The Morgan fingerprint density at radius 1 is 1.30 bits per heavy atom. The monoisotopic (exact) mass is 388 g/mol. The van der Waals surface area contributed by atoms with E-state index in [0.717, 1.165) is 21.7 Å². The van der Waals surface area contributed by atoms with Crippen molar-refractivity contribution in [3.05, 3.63) is 40.5 Å². The average Bonchev–Trinajstić information content (AvgIpc) is 3.19. The molecule has 0 aliphatic carbocycles. The van der Waals surface area contributed by atoms with Crippen LogP contribution in [0.3, 0.4) is 0 Å². The number of ether oxygens (including phenoxy) is 2. The molecule has 0 fully saturated rings. The van der Waals surface area contributed by atoms with Gasteiger partial charge >= 0.3 is 0 Å². The minimum Gasteiger partial charge on any atom is -0.497 e. The molecule has 0 aliphatic heterocycles. The second-order valence-electron chi connectivity index (χ2n) is 6.49. The number of fused-ring (bicyclic) bond motifs is 1. The molecule has 7 nitrogen and oxygen atoms in total. The fraction of sp³-hybridized carbons (Fsp3) is 0.421. The van der Waals surface area contributed by atoms with E-state index in [4.69, 9.17) is 9.47 Å². The van der Waals surface area contributed by atoms with E-state index in [-0.39, 0.29) is 11.9 Å². The Bertz CT molecular complexity index is 1030. The van der Waals surface area contributed by atoms with E-state index in [0.29, 0.717) is 23.6 Å². The highest BCUT2D eigenvalue weighted by atomic mass is 32.1. The van der Waals surface area contributed by atoms with E-state index in [2.05, 4.69) is 10.1 Å². The van der Waals surface area contributed by atoms with Gasteiger partial charge in [-0.1, -0.05) is 11.3 Å². The smallest absolute Gasteiger partial charge is 0.300 e. The molecule has 1 amide bonds. The van der Waals surface area contributed by atoms with Crippen molar-refractivity contribution in [1.29, 1.82) is 0 Å². The normalized spacial score (nSPS) is 12.3. The second-order valence-corrected chi connectivity index (χ2v) is 7.50. The fourth-order valence-electron chi connectivity index (χ4n) is 2.92. The summed E-state index contributed by atoms with van der Waals surface area (Å²) in [6, 6.07) is 7.79. The first-order chi connectivity index (χ1) is 12.9. The van der Waals surface area contributed by atoms with Crippen LogP contribution in [0.4, 0.5) is 0 Å². The number of methoxy groups -OCH3 is 2. The predicted octanol–water partition coefficient (Wildman–Crippen LogP) is 3.18. The molecule has 0 saturated heterocycles. The van der Waals surface area contributed by atoms with Crippen molar-refractivity contribution >= 4 is 27.5 Å². The Labute approximate surface area is 161 Å². The molecule has 0 radical (unpaired) electrons. The lowest BCUT2D eigenvalue weighted by atomic mass is 10.3. The number of hydrogen-bond donors (Lipinski definition) is 0. The van der Waals surface area contributed by atoms with Crippen molar-refractivity contribution in [2.75, 3.05) is 20.8 Å². The van der Waals surface area contributed by atoms with Crippen LogP contribution in [0.25, 0.3) is 10.2 Å². The number of aryl methyl sites for hydroxylation is 1. The number of thiazole rings is 1. The number of hydrogen-bond acceptors (Lipinski definition) is 5. The molecule has 0 atom stereocenters. The maximum absolute atomic E-state index is 12.7. The molecule has 3 rings (SSSR count). The highest BCUT2D eigenvalue weighted by Crippen LogP contribution is 2.23. The molecule has 0 unspecified atom stereocenters. The number of nitrogens with zero attached hydrogens (tertiary/aromatic N) is 4. The summed E-state index contributed by atoms with van der Waals surface area (Å²) < 4.78 is 15.3. The number of amides is 1. The summed E-state index contributed by atoms with van der Waals surface area (Å²) in [5.41, 5.74) is 2.29. The van der Waals surface area contributed by atoms with Crippen LogP contribution in [-0.2, 0) is 11.3 Å². The summed E-state index contributed by atoms with van der Waals surface area (Å²) in [6.45, 7) is 7.13. The first kappa shape index (κ1) is 19.3. The zero-order valence-corrected chi connectivity index (χ0v) is 17.0. The zero-order valence-electron chi connectivity index (χ0n) is 16.2. The van der Waals surface area contributed by atoms with Gasteiger partial charge < -0.3 is 14.0 Å². The third-order valence-electron chi connectivity index (χ3n) is 4.24. The summed E-state index contributed by atoms with van der Waals surface area (Å²) in [5, 5.41) is 4.40. The first-order valence-corrected chi connectivity index (χ1v) is 9.57. The number of aromatic nitrogens is 3. The van der Waals surface area contributed by atoms with Gasteiger partial charge in [-0.15, -0.1) is 0 Å². The van der Waals surface area contributed by atoms with Crippen LogP contribution in [0.1, 0.15) is 36.1 Å². The van der Waals surface area contributed by atoms with E-state index >= 15 is 0 Å². The van der Waals surface area contributed by atoms with Gasteiger partial charge in [-0.25, -0.2) is 0 Å². The summed E-state index contributed by atoms with van der Waals surface area (Å²) >= 11 is 1.45. The van der Waals surface area contributed by atoms with E-state index in [1.807, 2.05) is 48.2 Å². The van der Waals surface area contributed by atoms with Crippen LogP contribution in [0.5, 0.6) is 5.75 Å². The summed E-state index contributed by atoms with van der Waals surface area (Å²) in [6.07, 6.45) is 0. The molecule has 0 N–H and O–H groups in total. The molecule has 8 heteroatoms. The molecular formula is C19H24N4O3S. The van der Waals surface area contributed by atoms with Crippen molar-refractivity contribution in [2.24, 2.45) is 4.99 Å². The summed E-state index contributed by atoms with van der Waals surface area (Å²) in [4.78, 5) is 17.7. The van der Waals surface area contributed by atoms with Gasteiger partial charge in [-0.3, -0.25) is 9.48 Å². The van der Waals surface area contributed by atoms with E-state index in [1.54, 1.807) is 20.3 Å². The fourth-order valence-corrected chi connectivity index (χ4v) is 4.01. The lowest BCUT2D eigenvalue weighted by Gasteiger charge is -2.06. The highest BCUT2D eigenvalue weighted by molar-refractivity contribution is 7.16. The van der Waals surface area contributed by atoms with Gasteiger partial charge in [-0.2, -0.15) is 10.1 Å². The minimum absolute atomic E-state index is 0.190. The molecule has 0 saturated carbocycles. The molecule has 1 aromatic carbocycles. The Kier molecular flexibility index (Phi) is 5.76. The van der Waals surface area contributed by atoms with Crippen LogP contribution >= 0.6 is 11.3 Å². The standard InChI is InChI=1S/C19H24N4O3S/c1-12(2)23-13(3)10-15(21-23)18(24)20-19-22(8-9-25-4)16-7-6-14(26-5)11-17(16)27-19/h6-7,10-12H,8-9H2,1-5H3. The first-order valence-electron chi connectivity index (χ1n) is 8.76. The zero-order chi connectivity index (χ0) is 19.6. The Morgan fingerprint density at radius 3 is 2.70 bits per heavy atom. The van der Waals surface area contributed by atoms with Gasteiger partial charge in [0.2, 0.25) is 0 Å². The van der Waals surface area contributed by atoms with Crippen molar-refractivity contribution in [1.82, 2.24) is 14.3 Å². The van der Waals surface area contributed by atoms with Crippen molar-refractivity contribution < 1.29 is 14.3 Å². The van der Waals surface area contributed by atoms with E-state index in [1.165, 1.54) is 11.3 Å². The summed E-state index contributed by atoms with van der Waals surface area (Å²) in [7, 11) is 3.29. The SMILES string of the molecule is COCCn1c(=NC(=O)c2cc(C)n(C(C)C)n2)sc2cc(OC)ccc21. The third kappa shape index (κ3) is 3.96. The molecule has 27 heavy (non-hydrogen) atoms. The third-order valence-corrected chi connectivity index (χ3v) is 5.28. The molecule has 2 heterocycles. The number of carbonyl (C=O) groups is 1. The van der Waals surface area contributed by atoms with Crippen LogP contribution in [0.15, 0.2) is 29.3 Å². The van der Waals surface area contributed by atoms with Gasteiger partial charge in [0.15, 0.2) is 10.5 Å². The van der Waals surface area contributed by atoms with E-state index in [9.17, 15) is 4.79 Å². The number of carbonyl (C=O) groups excluding carboxylic acids is 1. The van der Waals surface area contributed by atoms with Gasteiger partial charge in [-0.05, 0) is 45.0 Å². The van der Waals surface area contributed by atoms with Gasteiger partial charge in [0, 0.05) is 25.4 Å². The topological polar surface area (TPSA) is 70.6 Å². The number of rotatable bonds is 6. The summed E-state index contributed by atoms with van der Waals surface area (Å²) in [5.74, 6) is 0.425. The molecule has 3 aromatic rings.